The molecule has 1 heterocycles. The van der Waals surface area contributed by atoms with Gasteiger partial charge in [0.2, 0.25) is 5.76 Å². The van der Waals surface area contributed by atoms with Gasteiger partial charge < -0.3 is 9.52 Å². The van der Waals surface area contributed by atoms with Crippen molar-refractivity contribution in [3.8, 4) is 0 Å². The Morgan fingerprint density at radius 3 is 3.00 bits per heavy atom. The molecule has 3 heteroatoms. The monoisotopic (exact) mass is 202 g/mol. The summed E-state index contributed by atoms with van der Waals surface area (Å²) in [4.78, 5) is 10.7. The van der Waals surface area contributed by atoms with Crippen LogP contribution in [-0.2, 0) is 6.42 Å². The molecule has 1 aromatic heterocycles. The third kappa shape index (κ3) is 1.64. The van der Waals surface area contributed by atoms with Crippen molar-refractivity contribution < 1.29 is 14.3 Å². The highest BCUT2D eigenvalue weighted by atomic mass is 16.4. The Hall–Kier alpha value is -2.03. The summed E-state index contributed by atoms with van der Waals surface area (Å²) in [6.45, 7) is 3.65. The van der Waals surface area contributed by atoms with Crippen molar-refractivity contribution in [2.75, 3.05) is 0 Å². The van der Waals surface area contributed by atoms with Crippen LogP contribution in [-0.4, -0.2) is 11.1 Å². The Kier molecular flexibility index (Phi) is 2.29. The topological polar surface area (TPSA) is 50.4 Å². The number of carboxylic acids is 1. The molecule has 15 heavy (non-hydrogen) atoms. The maximum atomic E-state index is 10.7. The van der Waals surface area contributed by atoms with Gasteiger partial charge in [0.25, 0.3) is 0 Å². The first-order chi connectivity index (χ1) is 7.22. The van der Waals surface area contributed by atoms with Crippen LogP contribution in [0.4, 0.5) is 0 Å². The van der Waals surface area contributed by atoms with Crippen LogP contribution < -0.4 is 0 Å². The first-order valence-corrected chi connectivity index (χ1v) is 4.58. The summed E-state index contributed by atoms with van der Waals surface area (Å²) in [5.74, 6) is -1.07. The molecule has 0 aliphatic heterocycles. The molecule has 0 radical (unpaired) electrons. The number of carbonyl (C=O) groups is 1. The molecule has 0 fully saturated rings. The van der Waals surface area contributed by atoms with E-state index < -0.39 is 5.97 Å². The Bertz CT molecular complexity index is 523. The summed E-state index contributed by atoms with van der Waals surface area (Å²) >= 11 is 0. The van der Waals surface area contributed by atoms with Gasteiger partial charge in [-0.2, -0.15) is 0 Å². The van der Waals surface area contributed by atoms with E-state index in [1.807, 2.05) is 18.2 Å². The van der Waals surface area contributed by atoms with Crippen LogP contribution in [0.15, 0.2) is 41.3 Å². The summed E-state index contributed by atoms with van der Waals surface area (Å²) in [6.07, 6.45) is 2.43. The second-order valence-corrected chi connectivity index (χ2v) is 3.24. The number of hydrogen-bond acceptors (Lipinski definition) is 2. The van der Waals surface area contributed by atoms with Gasteiger partial charge in [0.05, 0.1) is 0 Å². The predicted molar refractivity (Wildman–Crippen MR) is 57.1 cm³/mol. The van der Waals surface area contributed by atoms with Gasteiger partial charge in [-0.1, -0.05) is 24.3 Å². The highest BCUT2D eigenvalue weighted by Gasteiger charge is 2.11. The number of benzene rings is 1. The number of furan rings is 1. The normalized spacial score (nSPS) is 10.4. The maximum absolute atomic E-state index is 10.7. The van der Waals surface area contributed by atoms with Gasteiger partial charge in [-0.25, -0.2) is 4.79 Å². The average molecular weight is 202 g/mol. The number of rotatable bonds is 3. The van der Waals surface area contributed by atoms with Crippen LogP contribution in [0.3, 0.4) is 0 Å². The Morgan fingerprint density at radius 2 is 2.33 bits per heavy atom. The molecule has 0 amide bonds. The molecule has 1 aromatic carbocycles. The lowest BCUT2D eigenvalue weighted by atomic mass is 10.1. The second kappa shape index (κ2) is 3.61. The van der Waals surface area contributed by atoms with Gasteiger partial charge >= 0.3 is 5.97 Å². The van der Waals surface area contributed by atoms with Gasteiger partial charge in [-0.05, 0) is 18.1 Å². The summed E-state index contributed by atoms with van der Waals surface area (Å²) in [5.41, 5.74) is 1.59. The molecule has 1 N–H and O–H groups in total. The minimum Gasteiger partial charge on any atom is -0.475 e. The van der Waals surface area contributed by atoms with E-state index in [-0.39, 0.29) is 5.76 Å². The maximum Gasteiger partial charge on any atom is 0.371 e. The lowest BCUT2D eigenvalue weighted by molar-refractivity contribution is 0.0665. The highest BCUT2D eigenvalue weighted by Crippen LogP contribution is 2.23. The van der Waals surface area contributed by atoms with Gasteiger partial charge in [-0.3, -0.25) is 0 Å². The van der Waals surface area contributed by atoms with E-state index >= 15 is 0 Å². The third-order valence-electron chi connectivity index (χ3n) is 2.20. The molecule has 0 spiro atoms. The molecular weight excluding hydrogens is 192 g/mol. The Morgan fingerprint density at radius 1 is 1.53 bits per heavy atom. The molecule has 0 saturated carbocycles. The van der Waals surface area contributed by atoms with E-state index in [1.54, 1.807) is 6.08 Å². The number of hydrogen-bond donors (Lipinski definition) is 1. The summed E-state index contributed by atoms with van der Waals surface area (Å²) < 4.78 is 5.27. The average Bonchev–Trinajstić information content (AvgIpc) is 2.63. The lowest BCUT2D eigenvalue weighted by Crippen LogP contribution is -1.91. The molecule has 0 aliphatic carbocycles. The standard InChI is InChI=1S/C12H10O3/c1-2-4-8-5-3-6-9-7-10(12(13)14)15-11(8)9/h2-3,5-7H,1,4H2,(H,13,14). The van der Waals surface area contributed by atoms with E-state index in [1.165, 1.54) is 6.07 Å². The van der Waals surface area contributed by atoms with Crippen LogP contribution in [0.2, 0.25) is 0 Å². The molecule has 0 atom stereocenters. The predicted octanol–water partition coefficient (Wildman–Crippen LogP) is 2.86. The number of aromatic carboxylic acids is 1. The first-order valence-electron chi connectivity index (χ1n) is 4.58. The van der Waals surface area contributed by atoms with Crippen LogP contribution in [0.25, 0.3) is 11.0 Å². The molecule has 0 bridgehead atoms. The van der Waals surface area contributed by atoms with E-state index in [0.29, 0.717) is 12.0 Å². The smallest absolute Gasteiger partial charge is 0.371 e. The van der Waals surface area contributed by atoms with Gasteiger partial charge in [0.15, 0.2) is 0 Å². The van der Waals surface area contributed by atoms with Crippen LogP contribution in [0.1, 0.15) is 16.1 Å². The van der Waals surface area contributed by atoms with Crippen LogP contribution in [0, 0.1) is 0 Å². The van der Waals surface area contributed by atoms with Crippen molar-refractivity contribution in [1.82, 2.24) is 0 Å². The van der Waals surface area contributed by atoms with Crippen molar-refractivity contribution in [2.45, 2.75) is 6.42 Å². The van der Waals surface area contributed by atoms with Crippen molar-refractivity contribution >= 4 is 16.9 Å². The fraction of sp³-hybridized carbons (Fsp3) is 0.0833. The van der Waals surface area contributed by atoms with Crippen LogP contribution >= 0.6 is 0 Å². The number of para-hydroxylation sites is 1. The van der Waals surface area contributed by atoms with Crippen molar-refractivity contribution in [1.29, 1.82) is 0 Å². The van der Waals surface area contributed by atoms with E-state index in [9.17, 15) is 4.79 Å². The summed E-state index contributed by atoms with van der Waals surface area (Å²) in [5, 5.41) is 9.60. The van der Waals surface area contributed by atoms with E-state index in [2.05, 4.69) is 6.58 Å². The number of allylic oxidation sites excluding steroid dienone is 1. The first kappa shape index (κ1) is 9.52. The third-order valence-corrected chi connectivity index (χ3v) is 2.20. The zero-order chi connectivity index (χ0) is 10.8. The number of carboxylic acid groups (broad SMARTS) is 1. The van der Waals surface area contributed by atoms with Crippen molar-refractivity contribution in [3.05, 3.63) is 48.2 Å². The largest absolute Gasteiger partial charge is 0.475 e. The van der Waals surface area contributed by atoms with E-state index in [4.69, 9.17) is 9.52 Å². The Balaban J connectivity index is 2.63. The second-order valence-electron chi connectivity index (χ2n) is 3.24. The quantitative estimate of drug-likeness (QED) is 0.778. The van der Waals surface area contributed by atoms with Gasteiger partial charge in [0, 0.05) is 5.39 Å². The van der Waals surface area contributed by atoms with Gasteiger partial charge in [-0.15, -0.1) is 6.58 Å². The summed E-state index contributed by atoms with van der Waals surface area (Å²) in [6, 6.07) is 7.14. The molecule has 2 aromatic rings. The molecule has 3 nitrogen and oxygen atoms in total. The molecule has 0 saturated heterocycles. The molecule has 2 rings (SSSR count). The molecule has 76 valence electrons. The van der Waals surface area contributed by atoms with Crippen LogP contribution in [0.5, 0.6) is 0 Å². The fourth-order valence-electron chi connectivity index (χ4n) is 1.55. The lowest BCUT2D eigenvalue weighted by Gasteiger charge is -1.96. The summed E-state index contributed by atoms with van der Waals surface area (Å²) in [7, 11) is 0. The van der Waals surface area contributed by atoms with Gasteiger partial charge in [0.1, 0.15) is 5.58 Å². The van der Waals surface area contributed by atoms with E-state index in [0.717, 1.165) is 10.9 Å². The highest BCUT2D eigenvalue weighted by molar-refractivity contribution is 5.92. The van der Waals surface area contributed by atoms with Crippen molar-refractivity contribution in [2.24, 2.45) is 0 Å². The molecule has 0 unspecified atom stereocenters. The van der Waals surface area contributed by atoms with Crippen molar-refractivity contribution in [3.63, 3.8) is 0 Å². The SMILES string of the molecule is C=CCc1cccc2cc(C(=O)O)oc12. The molecule has 0 aliphatic rings. The molecular formula is C12H10O3. The Labute approximate surface area is 86.6 Å². The zero-order valence-corrected chi connectivity index (χ0v) is 8.06. The zero-order valence-electron chi connectivity index (χ0n) is 8.06. The minimum absolute atomic E-state index is 0.0264. The minimum atomic E-state index is -1.05. The fourth-order valence-corrected chi connectivity index (χ4v) is 1.55. The number of fused-ring (bicyclic) bond motifs is 1.